The van der Waals surface area contributed by atoms with E-state index in [0.29, 0.717) is 25.7 Å². The van der Waals surface area contributed by atoms with Crippen LogP contribution in [-0.4, -0.2) is 27.8 Å². The highest BCUT2D eigenvalue weighted by Crippen LogP contribution is 2.51. The van der Waals surface area contributed by atoms with E-state index in [1.54, 1.807) is 0 Å². The SMILES string of the molecule is CC(C)(C)C1(C(=O)O)CCC(CNc2cc(-c3n[nH]c(=O)o3)ccc2C(F)(F)F)CC1. The van der Waals surface area contributed by atoms with Gasteiger partial charge in [-0.3, -0.25) is 4.79 Å². The number of alkyl halides is 3. The Labute approximate surface area is 177 Å². The van der Waals surface area contributed by atoms with Gasteiger partial charge in [-0.1, -0.05) is 20.8 Å². The number of aromatic amines is 1. The lowest BCUT2D eigenvalue weighted by Crippen LogP contribution is -2.46. The Morgan fingerprint density at radius 2 is 1.94 bits per heavy atom. The van der Waals surface area contributed by atoms with E-state index in [4.69, 9.17) is 4.42 Å². The number of H-pyrrole nitrogens is 1. The number of carboxylic acid groups (broad SMARTS) is 1. The zero-order valence-electron chi connectivity index (χ0n) is 17.6. The van der Waals surface area contributed by atoms with Crippen molar-refractivity contribution in [3.05, 3.63) is 34.3 Å². The molecule has 0 unspecified atom stereocenters. The average Bonchev–Trinajstić information content (AvgIpc) is 3.11. The van der Waals surface area contributed by atoms with Crippen molar-refractivity contribution in [3.8, 4) is 11.5 Å². The number of anilines is 1. The first-order valence-corrected chi connectivity index (χ1v) is 10.1. The van der Waals surface area contributed by atoms with Crippen molar-refractivity contribution in [2.45, 2.75) is 52.6 Å². The molecule has 0 atom stereocenters. The number of nitrogens with zero attached hydrogens (tertiary/aromatic N) is 1. The molecular formula is C21H26F3N3O4. The first-order chi connectivity index (χ1) is 14.3. The van der Waals surface area contributed by atoms with E-state index in [9.17, 15) is 27.9 Å². The lowest BCUT2D eigenvalue weighted by molar-refractivity contribution is -0.160. The monoisotopic (exact) mass is 441 g/mol. The molecular weight excluding hydrogens is 415 g/mol. The second-order valence-corrected chi connectivity index (χ2v) is 9.14. The van der Waals surface area contributed by atoms with Crippen LogP contribution >= 0.6 is 0 Å². The number of rotatable bonds is 5. The molecule has 0 aliphatic heterocycles. The van der Waals surface area contributed by atoms with E-state index >= 15 is 0 Å². The summed E-state index contributed by atoms with van der Waals surface area (Å²) in [6, 6.07) is 3.36. The Morgan fingerprint density at radius 3 is 2.42 bits per heavy atom. The molecule has 2 aromatic rings. The predicted molar refractivity (Wildman–Crippen MR) is 108 cm³/mol. The van der Waals surface area contributed by atoms with Crippen LogP contribution in [0.4, 0.5) is 18.9 Å². The molecule has 1 heterocycles. The van der Waals surface area contributed by atoms with Gasteiger partial charge in [-0.05, 0) is 55.2 Å². The predicted octanol–water partition coefficient (Wildman–Crippen LogP) is 4.77. The summed E-state index contributed by atoms with van der Waals surface area (Å²) in [5.74, 6) is -1.68. The normalized spacial score (nSPS) is 22.3. The van der Waals surface area contributed by atoms with Crippen molar-refractivity contribution >= 4 is 11.7 Å². The Morgan fingerprint density at radius 1 is 1.29 bits per heavy atom. The van der Waals surface area contributed by atoms with Crippen LogP contribution in [0.2, 0.25) is 0 Å². The Kier molecular flexibility index (Phi) is 5.94. The molecule has 0 spiro atoms. The molecule has 7 nitrogen and oxygen atoms in total. The van der Waals surface area contributed by atoms with Crippen LogP contribution in [0.25, 0.3) is 11.5 Å². The number of hydrogen-bond donors (Lipinski definition) is 3. The van der Waals surface area contributed by atoms with E-state index in [-0.39, 0.29) is 29.6 Å². The number of carboxylic acids is 1. The van der Waals surface area contributed by atoms with Crippen LogP contribution in [-0.2, 0) is 11.0 Å². The molecule has 0 saturated heterocycles. The standard InChI is InChI=1S/C21H26F3N3O4/c1-19(2,3)20(17(28)29)8-6-12(7-9-20)11-25-15-10-13(16-26-27-18(30)31-16)4-5-14(15)21(22,23)24/h4-5,10,12,25H,6-9,11H2,1-3H3,(H,27,30)(H,28,29). The topological polar surface area (TPSA) is 108 Å². The molecule has 170 valence electrons. The van der Waals surface area contributed by atoms with Gasteiger partial charge in [-0.25, -0.2) is 9.89 Å². The molecule has 1 aromatic carbocycles. The van der Waals surface area contributed by atoms with E-state index in [1.165, 1.54) is 12.1 Å². The molecule has 10 heteroatoms. The van der Waals surface area contributed by atoms with Gasteiger partial charge in [0, 0.05) is 17.8 Å². The molecule has 1 aliphatic carbocycles. The molecule has 1 aliphatic rings. The van der Waals surface area contributed by atoms with Gasteiger partial charge in [-0.2, -0.15) is 13.2 Å². The summed E-state index contributed by atoms with van der Waals surface area (Å²) in [5, 5.41) is 18.4. The average molecular weight is 441 g/mol. The Bertz CT molecular complexity index is 996. The van der Waals surface area contributed by atoms with E-state index in [2.05, 4.69) is 15.5 Å². The molecule has 1 aromatic heterocycles. The van der Waals surface area contributed by atoms with Crippen molar-refractivity contribution in [2.75, 3.05) is 11.9 Å². The second-order valence-electron chi connectivity index (χ2n) is 9.14. The van der Waals surface area contributed by atoms with Crippen LogP contribution in [0, 0.1) is 16.7 Å². The third-order valence-corrected chi connectivity index (χ3v) is 6.39. The van der Waals surface area contributed by atoms with Gasteiger partial charge in [0.25, 0.3) is 0 Å². The van der Waals surface area contributed by atoms with Gasteiger partial charge in [-0.15, -0.1) is 5.10 Å². The van der Waals surface area contributed by atoms with Gasteiger partial charge >= 0.3 is 17.9 Å². The van der Waals surface area contributed by atoms with Gasteiger partial charge in [0.2, 0.25) is 5.89 Å². The quantitative estimate of drug-likeness (QED) is 0.617. The maximum atomic E-state index is 13.5. The molecule has 0 amide bonds. The lowest BCUT2D eigenvalue weighted by Gasteiger charge is -2.46. The fraction of sp³-hybridized carbons (Fsp3) is 0.571. The van der Waals surface area contributed by atoms with Crippen LogP contribution in [0.5, 0.6) is 0 Å². The van der Waals surface area contributed by atoms with E-state index in [0.717, 1.165) is 6.07 Å². The smallest absolute Gasteiger partial charge is 0.434 e. The number of carbonyl (C=O) groups is 1. The van der Waals surface area contributed by atoms with Crippen molar-refractivity contribution in [3.63, 3.8) is 0 Å². The van der Waals surface area contributed by atoms with Gasteiger partial charge in [0.1, 0.15) is 0 Å². The Balaban J connectivity index is 1.77. The lowest BCUT2D eigenvalue weighted by atomic mass is 9.58. The van der Waals surface area contributed by atoms with Gasteiger partial charge < -0.3 is 14.8 Å². The summed E-state index contributed by atoms with van der Waals surface area (Å²) < 4.78 is 45.3. The third-order valence-electron chi connectivity index (χ3n) is 6.39. The van der Waals surface area contributed by atoms with E-state index in [1.807, 2.05) is 20.8 Å². The van der Waals surface area contributed by atoms with Crippen molar-refractivity contribution in [1.82, 2.24) is 10.2 Å². The highest BCUT2D eigenvalue weighted by molar-refractivity contribution is 5.75. The zero-order valence-corrected chi connectivity index (χ0v) is 17.6. The number of halogens is 3. The number of benzene rings is 1. The van der Waals surface area contributed by atoms with Crippen LogP contribution in [0.1, 0.15) is 52.0 Å². The maximum absolute atomic E-state index is 13.5. The Hall–Kier alpha value is -2.78. The highest BCUT2D eigenvalue weighted by atomic mass is 19.4. The van der Waals surface area contributed by atoms with Crippen LogP contribution in [0.3, 0.4) is 0 Å². The first-order valence-electron chi connectivity index (χ1n) is 10.1. The van der Waals surface area contributed by atoms with E-state index < -0.39 is 34.3 Å². The molecule has 1 saturated carbocycles. The molecule has 3 rings (SSSR count). The fourth-order valence-corrected chi connectivity index (χ4v) is 4.34. The molecule has 31 heavy (non-hydrogen) atoms. The molecule has 0 radical (unpaired) electrons. The van der Waals surface area contributed by atoms with Crippen molar-refractivity contribution in [1.29, 1.82) is 0 Å². The summed E-state index contributed by atoms with van der Waals surface area (Å²) in [6.07, 6.45) is -2.41. The number of aromatic nitrogens is 2. The minimum atomic E-state index is -4.56. The number of nitrogens with one attached hydrogen (secondary N) is 2. The minimum absolute atomic E-state index is 0.0443. The number of hydrogen-bond acceptors (Lipinski definition) is 5. The third kappa shape index (κ3) is 4.62. The number of aliphatic carboxylic acids is 1. The summed E-state index contributed by atoms with van der Waals surface area (Å²) >= 11 is 0. The highest BCUT2D eigenvalue weighted by Gasteiger charge is 2.50. The van der Waals surface area contributed by atoms with Crippen LogP contribution in [0.15, 0.2) is 27.4 Å². The molecule has 1 fully saturated rings. The second kappa shape index (κ2) is 8.05. The first kappa shape index (κ1) is 22.9. The maximum Gasteiger partial charge on any atom is 0.434 e. The van der Waals surface area contributed by atoms with Crippen molar-refractivity contribution < 1.29 is 27.5 Å². The summed E-state index contributed by atoms with van der Waals surface area (Å²) in [6.45, 7) is 6.01. The summed E-state index contributed by atoms with van der Waals surface area (Å²) in [7, 11) is 0. The zero-order chi connectivity index (χ0) is 23.0. The largest absolute Gasteiger partial charge is 0.481 e. The summed E-state index contributed by atoms with van der Waals surface area (Å²) in [4.78, 5) is 23.1. The fourth-order valence-electron chi connectivity index (χ4n) is 4.34. The minimum Gasteiger partial charge on any atom is -0.481 e. The van der Waals surface area contributed by atoms with Gasteiger partial charge in [0.15, 0.2) is 0 Å². The molecule has 3 N–H and O–H groups in total. The van der Waals surface area contributed by atoms with Crippen LogP contribution < -0.4 is 11.1 Å². The van der Waals surface area contributed by atoms with Gasteiger partial charge in [0.05, 0.1) is 11.0 Å². The summed E-state index contributed by atoms with van der Waals surface area (Å²) in [5.41, 5.74) is -1.99. The molecule has 0 bridgehead atoms. The van der Waals surface area contributed by atoms with Crippen molar-refractivity contribution in [2.24, 2.45) is 16.7 Å².